The molecule has 30 heteroatoms. The lowest BCUT2D eigenvalue weighted by atomic mass is 10.1. The Kier molecular flexibility index (Phi) is 25.7. The SMILES string of the molecule is CCc1cc(-c2cc3cnccc3s2)n(-c2cccc(C)n2)n1.CCc1cnn(-c2cccc(C)n2)c1-c1cc2cnccc2s1.Cc1cccc(-n2nc(C)c(C)c2-c2cc3cnccc3s2)n1.Cc1cccc(-n2nc(C)cc2-c2cc3cnccc3s2)n1.Cc1cccc(-n2ncc(C)c2-c2cc3cnccc3s2)n1.Cc1cccc(-n2nccc2-c2cc3cnccc3s2)n1. The van der Waals surface area contributed by atoms with E-state index in [0.717, 1.165) is 166 Å². The first-order valence-corrected chi connectivity index (χ1v) is 48.3. The van der Waals surface area contributed by atoms with E-state index in [1.807, 2.05) is 310 Å². The van der Waals surface area contributed by atoms with Gasteiger partial charge < -0.3 is 0 Å². The van der Waals surface area contributed by atoms with Crippen LogP contribution < -0.4 is 0 Å². The van der Waals surface area contributed by atoms with Crippen LogP contribution in [0, 0.1) is 69.2 Å². The minimum Gasteiger partial charge on any atom is -0.264 e. The molecule has 0 spiro atoms. The highest BCUT2D eigenvalue weighted by molar-refractivity contribution is 7.24. The normalized spacial score (nSPS) is 11.2. The molecule has 0 bridgehead atoms. The standard InChI is InChI=1S/3C18H16N4S.2C17H14N4S.C16H12N4S/c1-11-5-4-6-17(20-11)22-18(12(2)13(3)21-22)16-9-14-10-19-8-7-15(14)23-16;1-3-14-10-15(17-9-13-11-19-8-7-16(13)23-17)22(21-14)18-6-4-5-12(2)20-18;1-3-13-11-20-22(17-6-4-5-12(2)21-17)18(13)16-9-14-10-19-8-7-15(14)23-16;1-11-9-19-21(16-5-3-4-12(2)20-16)17(11)15-8-13-10-18-7-6-14(13)22-15;1-11-4-3-5-17(19-11)21-14(8-12(2)20-21)16-9-13-10-18-7-6-15(13)22-16;1-11-3-2-4-16(19-11)20-13(5-8-18-20)15-9-12-10-17-7-6-14(12)21-15/h4-10H,1-3H3;2*4-11H,3H2,1-2H3;2*3-10H,1-2H3;2-10H,1H3. The van der Waals surface area contributed by atoms with E-state index in [-0.39, 0.29) is 0 Å². The first kappa shape index (κ1) is 88.1. The van der Waals surface area contributed by atoms with Gasteiger partial charge in [0.15, 0.2) is 34.9 Å². The summed E-state index contributed by atoms with van der Waals surface area (Å²) in [6.07, 6.45) is 29.9. The predicted octanol–water partition coefficient (Wildman–Crippen LogP) is 25.5. The third-order valence-corrected chi connectivity index (χ3v) is 28.8. The minimum atomic E-state index is 0.839. The van der Waals surface area contributed by atoms with E-state index < -0.39 is 0 Å². The maximum Gasteiger partial charge on any atom is 0.154 e. The second kappa shape index (κ2) is 39.1. The average molecular weight is 1870 g/mol. The second-order valence-corrected chi connectivity index (χ2v) is 38.3. The Morgan fingerprint density at radius 3 is 0.963 bits per heavy atom. The van der Waals surface area contributed by atoms with Gasteiger partial charge in [-0.25, -0.2) is 58.0 Å². The van der Waals surface area contributed by atoms with Crippen LogP contribution in [0.4, 0.5) is 0 Å². The molecule has 0 saturated carbocycles. The third kappa shape index (κ3) is 19.0. The molecular formula is C104H88N24S6. The van der Waals surface area contributed by atoms with E-state index in [1.54, 1.807) is 68.0 Å². The molecule has 0 aliphatic rings. The summed E-state index contributed by atoms with van der Waals surface area (Å²) in [5, 5.41) is 34.5. The Labute approximate surface area is 796 Å². The molecule has 0 aromatic carbocycles. The molecule has 0 aliphatic carbocycles. The molecule has 134 heavy (non-hydrogen) atoms. The van der Waals surface area contributed by atoms with Gasteiger partial charge in [0.2, 0.25) is 0 Å². The number of fused-ring (bicyclic) bond motifs is 6. The summed E-state index contributed by atoms with van der Waals surface area (Å²) in [6, 6.07) is 67.5. The lowest BCUT2D eigenvalue weighted by Crippen LogP contribution is -2.02. The summed E-state index contributed by atoms with van der Waals surface area (Å²) in [5.74, 6) is 5.10. The van der Waals surface area contributed by atoms with Crippen LogP contribution in [0.1, 0.15) is 81.8 Å². The number of aromatic nitrogens is 24. The van der Waals surface area contributed by atoms with Crippen LogP contribution >= 0.6 is 68.0 Å². The summed E-state index contributed by atoms with van der Waals surface area (Å²) >= 11 is 10.5. The van der Waals surface area contributed by atoms with Crippen molar-refractivity contribution < 1.29 is 0 Å². The number of nitrogens with zero attached hydrogens (tertiary/aromatic N) is 24. The van der Waals surface area contributed by atoms with Crippen molar-refractivity contribution >= 4 is 129 Å². The van der Waals surface area contributed by atoms with Crippen LogP contribution in [-0.2, 0) is 12.8 Å². The average Bonchev–Trinajstić information content (AvgIpc) is 1.61. The predicted molar refractivity (Wildman–Crippen MR) is 546 cm³/mol. The summed E-state index contributed by atoms with van der Waals surface area (Å²) in [6.45, 7) is 24.5. The quantitative estimate of drug-likeness (QED) is 0.0979. The molecule has 0 unspecified atom stereocenters. The largest absolute Gasteiger partial charge is 0.264 e. The Bertz CT molecular complexity index is 8040. The smallest absolute Gasteiger partial charge is 0.154 e. The van der Waals surface area contributed by atoms with Crippen molar-refractivity contribution in [2.24, 2.45) is 0 Å². The number of thiophene rings is 6. The van der Waals surface area contributed by atoms with Gasteiger partial charge in [-0.3, -0.25) is 29.9 Å². The summed E-state index contributed by atoms with van der Waals surface area (Å²) < 4.78 is 19.0. The summed E-state index contributed by atoms with van der Waals surface area (Å²) in [4.78, 5) is 59.9. The molecule has 24 rings (SSSR count). The molecule has 0 radical (unpaired) electrons. The summed E-state index contributed by atoms with van der Waals surface area (Å²) in [5.41, 5.74) is 19.1. The number of rotatable bonds is 14. The zero-order chi connectivity index (χ0) is 92.0. The molecule has 24 aromatic rings. The molecule has 0 N–H and O–H groups in total. The lowest BCUT2D eigenvalue weighted by Gasteiger charge is -2.07. The Balaban J connectivity index is 0.000000103. The lowest BCUT2D eigenvalue weighted by molar-refractivity contribution is 0.818. The molecule has 0 atom stereocenters. The van der Waals surface area contributed by atoms with Gasteiger partial charge >= 0.3 is 0 Å². The first-order chi connectivity index (χ1) is 65.4. The van der Waals surface area contributed by atoms with Crippen LogP contribution in [0.25, 0.3) is 159 Å². The van der Waals surface area contributed by atoms with Crippen LogP contribution in [-0.4, -0.2) is 118 Å². The molecule has 0 amide bonds. The molecule has 24 nitrogen and oxygen atoms in total. The van der Waals surface area contributed by atoms with Gasteiger partial charge in [0.05, 0.1) is 99.1 Å². The first-order valence-electron chi connectivity index (χ1n) is 43.4. The van der Waals surface area contributed by atoms with Crippen molar-refractivity contribution in [3.8, 4) is 98.3 Å². The van der Waals surface area contributed by atoms with Crippen molar-refractivity contribution in [1.82, 2.24) is 118 Å². The van der Waals surface area contributed by atoms with Gasteiger partial charge in [-0.15, -0.1) is 68.0 Å². The highest BCUT2D eigenvalue weighted by Crippen LogP contribution is 2.42. The number of aryl methyl sites for hydroxylation is 11. The number of hydrogen-bond donors (Lipinski definition) is 0. The van der Waals surface area contributed by atoms with E-state index in [0.29, 0.717) is 0 Å². The van der Waals surface area contributed by atoms with Gasteiger partial charge in [0.25, 0.3) is 0 Å². The Morgan fingerprint density at radius 1 is 0.246 bits per heavy atom. The highest BCUT2D eigenvalue weighted by atomic mass is 32.1. The van der Waals surface area contributed by atoms with Crippen LogP contribution in [0.15, 0.2) is 293 Å². The van der Waals surface area contributed by atoms with Crippen molar-refractivity contribution in [1.29, 1.82) is 0 Å². The highest BCUT2D eigenvalue weighted by Gasteiger charge is 2.24. The van der Waals surface area contributed by atoms with Gasteiger partial charge in [0, 0.05) is 169 Å². The van der Waals surface area contributed by atoms with Gasteiger partial charge in [-0.05, 0) is 263 Å². The van der Waals surface area contributed by atoms with E-state index >= 15 is 0 Å². The molecule has 24 heterocycles. The van der Waals surface area contributed by atoms with E-state index in [1.165, 1.54) is 74.0 Å². The molecule has 0 saturated heterocycles. The second-order valence-electron chi connectivity index (χ2n) is 31.8. The maximum absolute atomic E-state index is 4.73. The molecule has 660 valence electrons. The number of hydrogen-bond acceptors (Lipinski definition) is 24. The molecular weight excluding hydrogens is 1780 g/mol. The van der Waals surface area contributed by atoms with Crippen LogP contribution in [0.3, 0.4) is 0 Å². The fraction of sp³-hybridized carbons (Fsp3) is 0.135. The van der Waals surface area contributed by atoms with E-state index in [2.05, 4.69) is 175 Å². The zero-order valence-electron chi connectivity index (χ0n) is 75.3. The van der Waals surface area contributed by atoms with Crippen molar-refractivity contribution in [3.05, 3.63) is 361 Å². The van der Waals surface area contributed by atoms with Crippen molar-refractivity contribution in [3.63, 3.8) is 0 Å². The maximum atomic E-state index is 4.73. The van der Waals surface area contributed by atoms with Crippen LogP contribution in [0.2, 0.25) is 0 Å². The van der Waals surface area contributed by atoms with Crippen LogP contribution in [0.5, 0.6) is 0 Å². The van der Waals surface area contributed by atoms with Gasteiger partial charge in [-0.2, -0.15) is 30.6 Å². The minimum absolute atomic E-state index is 0.839. The third-order valence-electron chi connectivity index (χ3n) is 22.0. The van der Waals surface area contributed by atoms with E-state index in [4.69, 9.17) is 10.2 Å². The molecule has 0 aliphatic heterocycles. The Morgan fingerprint density at radius 2 is 0.575 bits per heavy atom. The fourth-order valence-corrected chi connectivity index (χ4v) is 21.9. The fourth-order valence-electron chi connectivity index (χ4n) is 15.4. The number of pyridine rings is 12. The topological polar surface area (TPSA) is 262 Å². The molecule has 0 fully saturated rings. The Hall–Kier alpha value is -15.2. The van der Waals surface area contributed by atoms with E-state index in [9.17, 15) is 0 Å². The van der Waals surface area contributed by atoms with Crippen molar-refractivity contribution in [2.75, 3.05) is 0 Å². The summed E-state index contributed by atoms with van der Waals surface area (Å²) in [7, 11) is 0. The monoisotopic (exact) mass is 1860 g/mol. The van der Waals surface area contributed by atoms with Gasteiger partial charge in [-0.1, -0.05) is 50.2 Å². The van der Waals surface area contributed by atoms with Crippen molar-refractivity contribution in [2.45, 2.75) is 95.9 Å². The van der Waals surface area contributed by atoms with Gasteiger partial charge in [0.1, 0.15) is 0 Å². The zero-order valence-corrected chi connectivity index (χ0v) is 80.2. The molecule has 24 aromatic heterocycles.